The van der Waals surface area contributed by atoms with E-state index in [4.69, 9.17) is 0 Å². The molecule has 2 N–H and O–H groups in total. The van der Waals surface area contributed by atoms with Crippen molar-refractivity contribution >= 4 is 29.3 Å². The maximum Gasteiger partial charge on any atom is 0.326 e. The molecule has 8 heteroatoms. The summed E-state index contributed by atoms with van der Waals surface area (Å²) >= 11 is 1.22. The molecule has 1 aliphatic heterocycles. The number of hydrogen-bond acceptors (Lipinski definition) is 5. The van der Waals surface area contributed by atoms with Crippen molar-refractivity contribution in [2.24, 2.45) is 0 Å². The monoisotopic (exact) mass is 477 g/mol. The number of carboxylic acid groups (broad SMARTS) is 1. The molecule has 2 atom stereocenters. The topological polar surface area (TPSA) is 99.6 Å². The van der Waals surface area contributed by atoms with E-state index in [-0.39, 0.29) is 24.3 Å². The summed E-state index contributed by atoms with van der Waals surface area (Å²) in [4.78, 5) is 38.5. The fourth-order valence-electron chi connectivity index (χ4n) is 4.32. The Morgan fingerprint density at radius 2 is 1.82 bits per heavy atom. The van der Waals surface area contributed by atoms with Crippen LogP contribution in [0.15, 0.2) is 60.7 Å². The van der Waals surface area contributed by atoms with Gasteiger partial charge >= 0.3 is 5.97 Å². The smallest absolute Gasteiger partial charge is 0.326 e. The number of carboxylic acids is 1. The second-order valence-electron chi connectivity index (χ2n) is 8.50. The van der Waals surface area contributed by atoms with Gasteiger partial charge in [-0.3, -0.25) is 9.59 Å². The van der Waals surface area contributed by atoms with Gasteiger partial charge < -0.3 is 15.3 Å². The van der Waals surface area contributed by atoms with E-state index in [1.807, 2.05) is 53.4 Å². The predicted octanol–water partition coefficient (Wildman–Crippen LogP) is 3.85. The molecule has 0 radical (unpaired) electrons. The van der Waals surface area contributed by atoms with Crippen LogP contribution in [-0.2, 0) is 27.2 Å². The molecule has 2 amide bonds. The molecule has 0 bridgehead atoms. The van der Waals surface area contributed by atoms with Crippen molar-refractivity contribution in [3.8, 4) is 11.1 Å². The van der Waals surface area contributed by atoms with Crippen molar-refractivity contribution in [2.45, 2.75) is 44.7 Å². The average Bonchev–Trinajstić information content (AvgIpc) is 3.49. The number of nitrogens with zero attached hydrogens (tertiary/aromatic N) is 2. The number of rotatable bonds is 8. The maximum absolute atomic E-state index is 13.1. The van der Waals surface area contributed by atoms with E-state index in [9.17, 15) is 19.5 Å². The van der Waals surface area contributed by atoms with Gasteiger partial charge in [0.2, 0.25) is 11.8 Å². The summed E-state index contributed by atoms with van der Waals surface area (Å²) in [5.41, 5.74) is 4.01. The summed E-state index contributed by atoms with van der Waals surface area (Å²) in [6, 6.07) is 19.0. The van der Waals surface area contributed by atoms with E-state index in [1.165, 1.54) is 18.5 Å². The van der Waals surface area contributed by atoms with Crippen LogP contribution in [0.25, 0.3) is 11.1 Å². The zero-order valence-electron chi connectivity index (χ0n) is 18.9. The molecule has 1 saturated heterocycles. The van der Waals surface area contributed by atoms with Crippen molar-refractivity contribution in [1.29, 1.82) is 0 Å². The highest BCUT2D eigenvalue weighted by molar-refractivity contribution is 7.05. The standard InChI is InChI=1S/C26H27N3O4S/c1-17(30)27-23(26(32)33)16-21-15-22(28-34-21)24-8-5-13-29(24)25(31)14-18-9-11-20(12-10-18)19-6-3-2-4-7-19/h2-4,6-7,9-12,15,23-24H,5,8,13-14,16H2,1H3,(H,27,30)(H,32,33). The van der Waals surface area contributed by atoms with Crippen LogP contribution in [0.2, 0.25) is 0 Å². The Hall–Kier alpha value is -3.52. The van der Waals surface area contributed by atoms with Gasteiger partial charge in [-0.2, -0.15) is 4.37 Å². The molecule has 1 fully saturated rings. The minimum atomic E-state index is -1.08. The predicted molar refractivity (Wildman–Crippen MR) is 130 cm³/mol. The van der Waals surface area contributed by atoms with Crippen LogP contribution in [0.4, 0.5) is 0 Å². The van der Waals surface area contributed by atoms with Crippen molar-refractivity contribution < 1.29 is 19.5 Å². The lowest BCUT2D eigenvalue weighted by molar-refractivity contribution is -0.141. The molecule has 2 heterocycles. The molecule has 34 heavy (non-hydrogen) atoms. The van der Waals surface area contributed by atoms with Gasteiger partial charge in [0.15, 0.2) is 0 Å². The van der Waals surface area contributed by atoms with Gasteiger partial charge in [-0.1, -0.05) is 54.6 Å². The number of carbonyl (C=O) groups excluding carboxylic acids is 2. The largest absolute Gasteiger partial charge is 0.480 e. The molecule has 3 aromatic rings. The summed E-state index contributed by atoms with van der Waals surface area (Å²) in [7, 11) is 0. The second kappa shape index (κ2) is 10.6. The number of carbonyl (C=O) groups is 3. The van der Waals surface area contributed by atoms with E-state index in [0.29, 0.717) is 13.0 Å². The van der Waals surface area contributed by atoms with E-state index in [1.54, 1.807) is 0 Å². The van der Waals surface area contributed by atoms with Gasteiger partial charge in [0.25, 0.3) is 0 Å². The van der Waals surface area contributed by atoms with Gasteiger partial charge in [-0.25, -0.2) is 4.79 Å². The Morgan fingerprint density at radius 3 is 2.50 bits per heavy atom. The first kappa shape index (κ1) is 23.6. The normalized spacial score (nSPS) is 16.3. The van der Waals surface area contributed by atoms with Crippen LogP contribution >= 0.6 is 11.5 Å². The first-order valence-corrected chi connectivity index (χ1v) is 12.1. The Balaban J connectivity index is 1.41. The maximum atomic E-state index is 13.1. The number of aromatic nitrogens is 1. The fraction of sp³-hybridized carbons (Fsp3) is 0.308. The van der Waals surface area contributed by atoms with Crippen molar-refractivity contribution in [3.05, 3.63) is 76.8 Å². The molecule has 0 spiro atoms. The SMILES string of the molecule is CC(=O)NC(Cc1cc(C2CCCN2C(=O)Cc2ccc(-c3ccccc3)cc2)ns1)C(=O)O. The number of aliphatic carboxylic acids is 1. The summed E-state index contributed by atoms with van der Waals surface area (Å²) in [5.74, 6) is -1.41. The van der Waals surface area contributed by atoms with Crippen molar-refractivity contribution in [3.63, 3.8) is 0 Å². The van der Waals surface area contributed by atoms with Crippen molar-refractivity contribution in [1.82, 2.24) is 14.6 Å². The highest BCUT2D eigenvalue weighted by Crippen LogP contribution is 2.33. The third-order valence-corrected chi connectivity index (χ3v) is 6.81. The first-order valence-electron chi connectivity index (χ1n) is 11.3. The minimum absolute atomic E-state index is 0.0613. The summed E-state index contributed by atoms with van der Waals surface area (Å²) < 4.78 is 4.52. The van der Waals surface area contributed by atoms with E-state index >= 15 is 0 Å². The average molecular weight is 478 g/mol. The van der Waals surface area contributed by atoms with Crippen LogP contribution in [0.1, 0.15) is 41.9 Å². The van der Waals surface area contributed by atoms with Crippen LogP contribution in [0.5, 0.6) is 0 Å². The molecule has 1 aliphatic rings. The summed E-state index contributed by atoms with van der Waals surface area (Å²) in [6.45, 7) is 1.98. The molecule has 2 unspecified atom stereocenters. The van der Waals surface area contributed by atoms with Crippen LogP contribution in [0.3, 0.4) is 0 Å². The third kappa shape index (κ3) is 5.69. The molecular weight excluding hydrogens is 450 g/mol. The van der Waals surface area contributed by atoms with Crippen LogP contribution in [0, 0.1) is 0 Å². The van der Waals surface area contributed by atoms with Crippen LogP contribution < -0.4 is 5.32 Å². The lowest BCUT2D eigenvalue weighted by atomic mass is 10.0. The number of likely N-dealkylation sites (tertiary alicyclic amines) is 1. The minimum Gasteiger partial charge on any atom is -0.480 e. The highest BCUT2D eigenvalue weighted by atomic mass is 32.1. The molecule has 2 aromatic carbocycles. The quantitative estimate of drug-likeness (QED) is 0.513. The first-order chi connectivity index (χ1) is 16.4. The van der Waals surface area contributed by atoms with Gasteiger partial charge in [0.05, 0.1) is 18.2 Å². The fourth-order valence-corrected chi connectivity index (χ4v) is 5.14. The van der Waals surface area contributed by atoms with E-state index in [0.717, 1.165) is 40.1 Å². The Labute approximate surface area is 202 Å². The van der Waals surface area contributed by atoms with Gasteiger partial charge in [0.1, 0.15) is 6.04 Å². The second-order valence-corrected chi connectivity index (χ2v) is 9.39. The molecule has 1 aromatic heterocycles. The Bertz CT molecular complexity index is 1160. The number of amides is 2. The number of nitrogens with one attached hydrogen (secondary N) is 1. The lowest BCUT2D eigenvalue weighted by Crippen LogP contribution is -2.41. The van der Waals surface area contributed by atoms with E-state index < -0.39 is 12.0 Å². The molecule has 4 rings (SSSR count). The van der Waals surface area contributed by atoms with Crippen LogP contribution in [-0.4, -0.2) is 44.8 Å². The van der Waals surface area contributed by atoms with Gasteiger partial charge in [-0.15, -0.1) is 0 Å². The van der Waals surface area contributed by atoms with Gasteiger partial charge in [-0.05, 0) is 47.1 Å². The lowest BCUT2D eigenvalue weighted by Gasteiger charge is -2.23. The van der Waals surface area contributed by atoms with Gasteiger partial charge in [0, 0.05) is 24.8 Å². The molecule has 176 valence electrons. The van der Waals surface area contributed by atoms with Crippen molar-refractivity contribution in [2.75, 3.05) is 6.54 Å². The number of benzene rings is 2. The Morgan fingerprint density at radius 1 is 1.12 bits per heavy atom. The third-order valence-electron chi connectivity index (χ3n) is 5.99. The molecular formula is C26H27N3O4S. The molecule has 0 aliphatic carbocycles. The summed E-state index contributed by atoms with van der Waals surface area (Å²) in [5, 5.41) is 11.8. The summed E-state index contributed by atoms with van der Waals surface area (Å²) in [6.07, 6.45) is 2.23. The molecule has 7 nitrogen and oxygen atoms in total. The zero-order chi connectivity index (χ0) is 24.1. The molecule has 0 saturated carbocycles. The Kier molecular flexibility index (Phi) is 7.37. The zero-order valence-corrected chi connectivity index (χ0v) is 19.8. The van der Waals surface area contributed by atoms with E-state index in [2.05, 4.69) is 21.8 Å². The highest BCUT2D eigenvalue weighted by Gasteiger charge is 2.32. The number of hydrogen-bond donors (Lipinski definition) is 2.